The Bertz CT molecular complexity index is 500. The third-order valence-electron chi connectivity index (χ3n) is 3.70. The summed E-state index contributed by atoms with van der Waals surface area (Å²) in [7, 11) is 0. The van der Waals surface area contributed by atoms with Crippen LogP contribution in [0.25, 0.3) is 0 Å². The van der Waals surface area contributed by atoms with Gasteiger partial charge in [-0.1, -0.05) is 26.2 Å². The highest BCUT2D eigenvalue weighted by molar-refractivity contribution is 6.26. The molecule has 0 radical (unpaired) electrons. The van der Waals surface area contributed by atoms with Crippen molar-refractivity contribution in [2.45, 2.75) is 97.1 Å². The minimum absolute atomic E-state index is 0.0436. The quantitative estimate of drug-likeness (QED) is 0.165. The largest absolute Gasteiger partial charge is 0.458 e. The number of hydrogen-bond donors (Lipinski definition) is 4. The number of aliphatic hydroxyl groups excluding tert-OH is 1. The van der Waals surface area contributed by atoms with Gasteiger partial charge >= 0.3 is 5.97 Å². The number of nitrogens with one attached hydrogen (secondary N) is 3. The molecule has 0 aromatic rings. The monoisotopic (exact) mass is 385 g/mol. The van der Waals surface area contributed by atoms with Crippen LogP contribution in [0.1, 0.15) is 73.1 Å². The summed E-state index contributed by atoms with van der Waals surface area (Å²) in [6.07, 6.45) is 3.09. The molecule has 156 valence electrons. The molecule has 0 aliphatic heterocycles. The maximum Gasteiger partial charge on any atom is 0.329 e. The number of amides is 1. The Morgan fingerprint density at radius 3 is 2.26 bits per heavy atom. The fourth-order valence-electron chi connectivity index (χ4n) is 2.43. The molecule has 8 nitrogen and oxygen atoms in total. The maximum absolute atomic E-state index is 12.6. The Balaban J connectivity index is 5.13. The lowest BCUT2D eigenvalue weighted by Gasteiger charge is -2.26. The molecule has 0 fully saturated rings. The fraction of sp³-hybridized carbons (Fsp3) is 0.789. The molecule has 0 aliphatic carbocycles. The third-order valence-corrected chi connectivity index (χ3v) is 3.70. The molecule has 0 aliphatic rings. The van der Waals surface area contributed by atoms with Crippen LogP contribution in [0, 0.1) is 5.41 Å². The summed E-state index contributed by atoms with van der Waals surface area (Å²) < 4.78 is 5.33. The van der Waals surface area contributed by atoms with E-state index in [-0.39, 0.29) is 12.8 Å². The molecule has 0 saturated carbocycles. The number of Topliss-reactive ketones (excluding diaryl/α,β-unsaturated/α-hetero) is 1. The van der Waals surface area contributed by atoms with Crippen LogP contribution in [0.5, 0.6) is 0 Å². The molecule has 2 unspecified atom stereocenters. The molecule has 0 aromatic heterocycles. The number of hydrogen-bond acceptors (Lipinski definition) is 7. The molecule has 3 atom stereocenters. The number of unbranched alkanes of at least 4 members (excludes halogenated alkanes) is 2. The van der Waals surface area contributed by atoms with Crippen LogP contribution in [-0.2, 0) is 19.1 Å². The van der Waals surface area contributed by atoms with E-state index in [0.29, 0.717) is 12.6 Å². The van der Waals surface area contributed by atoms with Gasteiger partial charge in [-0.25, -0.2) is 4.79 Å². The molecule has 0 bridgehead atoms. The number of ether oxygens (including phenoxy) is 1. The van der Waals surface area contributed by atoms with Crippen LogP contribution in [-0.4, -0.2) is 52.9 Å². The Hall–Kier alpha value is -1.80. The van der Waals surface area contributed by atoms with Crippen molar-refractivity contribution in [2.75, 3.05) is 0 Å². The summed E-state index contributed by atoms with van der Waals surface area (Å²) in [5.74, 6) is -1.48. The van der Waals surface area contributed by atoms with Crippen LogP contribution in [0.4, 0.5) is 0 Å². The summed E-state index contributed by atoms with van der Waals surface area (Å²) in [5, 5.41) is 22.0. The second-order valence-electron chi connectivity index (χ2n) is 7.63. The van der Waals surface area contributed by atoms with E-state index in [1.807, 2.05) is 0 Å². The van der Waals surface area contributed by atoms with Crippen molar-refractivity contribution >= 4 is 23.9 Å². The highest BCUT2D eigenvalue weighted by atomic mass is 16.6. The van der Waals surface area contributed by atoms with Gasteiger partial charge < -0.3 is 20.6 Å². The van der Waals surface area contributed by atoms with E-state index in [9.17, 15) is 19.5 Å². The number of rotatable bonds is 13. The zero-order chi connectivity index (χ0) is 21.0. The van der Waals surface area contributed by atoms with Gasteiger partial charge in [-0.15, -0.1) is 0 Å². The minimum Gasteiger partial charge on any atom is -0.458 e. The van der Waals surface area contributed by atoms with Crippen molar-refractivity contribution in [2.24, 2.45) is 0 Å². The molecular weight excluding hydrogens is 350 g/mol. The van der Waals surface area contributed by atoms with E-state index >= 15 is 0 Å². The summed E-state index contributed by atoms with van der Waals surface area (Å²) in [6.45, 7) is 8.73. The molecule has 1 amide bonds. The predicted molar refractivity (Wildman–Crippen MR) is 104 cm³/mol. The Morgan fingerprint density at radius 2 is 1.78 bits per heavy atom. The van der Waals surface area contributed by atoms with Gasteiger partial charge in [0.1, 0.15) is 17.9 Å². The highest BCUT2D eigenvalue weighted by Gasteiger charge is 2.29. The third kappa shape index (κ3) is 12.3. The summed E-state index contributed by atoms with van der Waals surface area (Å²) in [5.41, 5.74) is -0.732. The molecule has 0 spiro atoms. The SMILES string of the molecule is CCCCCC(NC(C)O)C(=O)N[C@@H](CCC(=O)C=N)C(=O)OC(C)(C)C. The van der Waals surface area contributed by atoms with Gasteiger partial charge in [0, 0.05) is 6.42 Å². The molecule has 0 aromatic carbocycles. The zero-order valence-electron chi connectivity index (χ0n) is 17.1. The van der Waals surface area contributed by atoms with E-state index in [4.69, 9.17) is 10.1 Å². The number of carbonyl (C=O) groups is 3. The zero-order valence-corrected chi connectivity index (χ0v) is 17.1. The minimum atomic E-state index is -0.995. The van der Waals surface area contributed by atoms with Crippen molar-refractivity contribution in [1.82, 2.24) is 10.6 Å². The van der Waals surface area contributed by atoms with Gasteiger partial charge in [-0.2, -0.15) is 0 Å². The normalized spacial score (nSPS) is 14.7. The molecule has 8 heteroatoms. The summed E-state index contributed by atoms with van der Waals surface area (Å²) >= 11 is 0. The Morgan fingerprint density at radius 1 is 1.15 bits per heavy atom. The van der Waals surface area contributed by atoms with Crippen molar-refractivity contribution in [3.63, 3.8) is 0 Å². The number of ketones is 1. The van der Waals surface area contributed by atoms with Crippen molar-refractivity contribution in [3.8, 4) is 0 Å². The van der Waals surface area contributed by atoms with Gasteiger partial charge in [-0.05, 0) is 40.5 Å². The Labute approximate surface area is 161 Å². The van der Waals surface area contributed by atoms with E-state index in [0.717, 1.165) is 19.3 Å². The molecule has 4 N–H and O–H groups in total. The standard InChI is InChI=1S/C19H35N3O5/c1-6-7-8-9-15(21-13(2)23)17(25)22-16(11-10-14(24)12-20)18(26)27-19(3,4)5/h12-13,15-16,20-21,23H,6-11H2,1-5H3,(H,22,25)/t13?,15?,16-/m0/s1. The first-order valence-electron chi connectivity index (χ1n) is 9.50. The van der Waals surface area contributed by atoms with Crippen LogP contribution in [0.15, 0.2) is 0 Å². The van der Waals surface area contributed by atoms with Crippen molar-refractivity contribution in [1.29, 1.82) is 5.41 Å². The van der Waals surface area contributed by atoms with E-state index in [1.54, 1.807) is 20.8 Å². The van der Waals surface area contributed by atoms with Crippen LogP contribution in [0.2, 0.25) is 0 Å². The number of esters is 1. The topological polar surface area (TPSA) is 129 Å². The van der Waals surface area contributed by atoms with Crippen molar-refractivity contribution < 1.29 is 24.2 Å². The van der Waals surface area contributed by atoms with E-state index in [1.165, 1.54) is 6.92 Å². The summed E-state index contributed by atoms with van der Waals surface area (Å²) in [6, 6.07) is -1.65. The van der Waals surface area contributed by atoms with Gasteiger partial charge in [0.25, 0.3) is 0 Å². The first-order valence-corrected chi connectivity index (χ1v) is 9.50. The average molecular weight is 386 g/mol. The molecule has 0 saturated heterocycles. The second kappa shape index (κ2) is 12.6. The average Bonchev–Trinajstić information content (AvgIpc) is 2.55. The smallest absolute Gasteiger partial charge is 0.329 e. The van der Waals surface area contributed by atoms with Gasteiger partial charge in [0.15, 0.2) is 5.78 Å². The lowest BCUT2D eigenvalue weighted by Crippen LogP contribution is -2.53. The summed E-state index contributed by atoms with van der Waals surface area (Å²) in [4.78, 5) is 36.5. The molecule has 0 heterocycles. The molecular formula is C19H35N3O5. The first-order chi connectivity index (χ1) is 12.5. The van der Waals surface area contributed by atoms with Crippen LogP contribution >= 0.6 is 0 Å². The van der Waals surface area contributed by atoms with Gasteiger partial charge in [0.05, 0.1) is 12.3 Å². The predicted octanol–water partition coefficient (Wildman–Crippen LogP) is 1.69. The van der Waals surface area contributed by atoms with Gasteiger partial charge in [-0.3, -0.25) is 14.9 Å². The first kappa shape index (κ1) is 25.2. The fourth-order valence-corrected chi connectivity index (χ4v) is 2.43. The van der Waals surface area contributed by atoms with E-state index in [2.05, 4.69) is 17.6 Å². The van der Waals surface area contributed by atoms with Crippen LogP contribution < -0.4 is 10.6 Å². The maximum atomic E-state index is 12.6. The van der Waals surface area contributed by atoms with Crippen LogP contribution in [0.3, 0.4) is 0 Å². The van der Waals surface area contributed by atoms with E-state index < -0.39 is 41.6 Å². The number of aliphatic hydroxyl groups is 1. The number of carbonyl (C=O) groups excluding carboxylic acids is 3. The van der Waals surface area contributed by atoms with Gasteiger partial charge in [0.2, 0.25) is 5.91 Å². The van der Waals surface area contributed by atoms with Crippen molar-refractivity contribution in [3.05, 3.63) is 0 Å². The Kier molecular flexibility index (Phi) is 11.7. The highest BCUT2D eigenvalue weighted by Crippen LogP contribution is 2.12. The lowest BCUT2D eigenvalue weighted by atomic mass is 10.0. The molecule has 27 heavy (non-hydrogen) atoms. The second-order valence-corrected chi connectivity index (χ2v) is 7.63. The molecule has 0 rings (SSSR count). The lowest BCUT2D eigenvalue weighted by molar-refractivity contribution is -0.159.